The third-order valence-corrected chi connectivity index (χ3v) is 4.95. The van der Waals surface area contributed by atoms with Gasteiger partial charge in [0.05, 0.1) is 22.7 Å². The zero-order valence-corrected chi connectivity index (χ0v) is 16.3. The molecule has 1 N–H and O–H groups in total. The van der Waals surface area contributed by atoms with Gasteiger partial charge in [-0.2, -0.15) is 4.80 Å². The smallest absolute Gasteiger partial charge is 0.269 e. The summed E-state index contributed by atoms with van der Waals surface area (Å²) in [6.07, 6.45) is 2.65. The number of nitrogens with one attached hydrogen (secondary N) is 1. The summed E-state index contributed by atoms with van der Waals surface area (Å²) < 4.78 is 2.40. The van der Waals surface area contributed by atoms with Gasteiger partial charge in [0.1, 0.15) is 4.64 Å². The van der Waals surface area contributed by atoms with Gasteiger partial charge in [-0.1, -0.05) is 49.5 Å². The van der Waals surface area contributed by atoms with Gasteiger partial charge in [0.2, 0.25) is 5.82 Å². The van der Waals surface area contributed by atoms with Crippen LogP contribution in [-0.2, 0) is 13.0 Å². The number of rotatable bonds is 6. The van der Waals surface area contributed by atoms with Crippen LogP contribution >= 0.6 is 12.2 Å². The van der Waals surface area contributed by atoms with E-state index >= 15 is 0 Å². The molecule has 10 heteroatoms. The lowest BCUT2D eigenvalue weighted by Crippen LogP contribution is -2.04. The quantitative estimate of drug-likeness (QED) is 0.297. The molecule has 0 aliphatic heterocycles. The van der Waals surface area contributed by atoms with E-state index < -0.39 is 4.92 Å². The van der Waals surface area contributed by atoms with Crippen molar-refractivity contribution in [1.29, 1.82) is 0 Å². The number of para-hydroxylation sites is 1. The highest BCUT2D eigenvalue weighted by Gasteiger charge is 2.14. The largest absolute Gasteiger partial charge is 0.299 e. The number of nitro groups is 1. The van der Waals surface area contributed by atoms with Crippen LogP contribution < -0.4 is 0 Å². The fraction of sp³-hybridized carbons (Fsp3) is 0.158. The Hall–Kier alpha value is -3.66. The summed E-state index contributed by atoms with van der Waals surface area (Å²) in [5, 5.41) is 26.5. The number of tetrazole rings is 1. The molecule has 29 heavy (non-hydrogen) atoms. The molecule has 0 spiro atoms. The summed E-state index contributed by atoms with van der Waals surface area (Å²) in [4.78, 5) is 11.8. The fourth-order valence-electron chi connectivity index (χ4n) is 3.04. The van der Waals surface area contributed by atoms with Crippen molar-refractivity contribution < 1.29 is 4.92 Å². The molecule has 0 saturated heterocycles. The molecule has 0 radical (unpaired) electrons. The maximum absolute atomic E-state index is 10.8. The van der Waals surface area contributed by atoms with E-state index in [4.69, 9.17) is 12.2 Å². The van der Waals surface area contributed by atoms with Crippen LogP contribution in [-0.4, -0.2) is 34.9 Å². The third kappa shape index (κ3) is 3.69. The Morgan fingerprint density at radius 3 is 2.66 bits per heavy atom. The lowest BCUT2D eigenvalue weighted by atomic mass is 10.1. The minimum Gasteiger partial charge on any atom is -0.299 e. The molecule has 0 atom stereocenters. The van der Waals surface area contributed by atoms with Crippen LogP contribution in [0.1, 0.15) is 18.1 Å². The number of H-pyrrole nitrogens is 1. The second kappa shape index (κ2) is 7.76. The van der Waals surface area contributed by atoms with E-state index in [1.54, 1.807) is 18.3 Å². The maximum atomic E-state index is 10.8. The predicted molar refractivity (Wildman–Crippen MR) is 109 cm³/mol. The number of hydrogen-bond acceptors (Lipinski definition) is 6. The van der Waals surface area contributed by atoms with Crippen LogP contribution in [0.3, 0.4) is 0 Å². The van der Waals surface area contributed by atoms with Crippen molar-refractivity contribution in [1.82, 2.24) is 30.0 Å². The summed E-state index contributed by atoms with van der Waals surface area (Å²) in [5.74, 6) is 0.417. The second-order valence-electron chi connectivity index (χ2n) is 6.38. The van der Waals surface area contributed by atoms with Gasteiger partial charge in [-0.15, -0.1) is 10.2 Å². The average molecular weight is 407 g/mol. The maximum Gasteiger partial charge on any atom is 0.269 e. The minimum atomic E-state index is -0.432. The first kappa shape index (κ1) is 18.7. The Labute approximate surface area is 170 Å². The summed E-state index contributed by atoms with van der Waals surface area (Å²) in [6.45, 7) is 2.44. The highest BCUT2D eigenvalue weighted by molar-refractivity contribution is 7.71. The van der Waals surface area contributed by atoms with Crippen molar-refractivity contribution in [2.75, 3.05) is 0 Å². The van der Waals surface area contributed by atoms with Crippen LogP contribution in [0.25, 0.3) is 17.1 Å². The van der Waals surface area contributed by atoms with E-state index in [1.165, 1.54) is 22.5 Å². The predicted octanol–water partition coefficient (Wildman–Crippen LogP) is 3.71. The van der Waals surface area contributed by atoms with Crippen molar-refractivity contribution in [2.24, 2.45) is 0 Å². The molecule has 0 unspecified atom stereocenters. The number of non-ortho nitro benzene ring substituents is 1. The van der Waals surface area contributed by atoms with Crippen LogP contribution in [0.5, 0.6) is 0 Å². The van der Waals surface area contributed by atoms with Crippen LogP contribution in [0.2, 0.25) is 0 Å². The molecule has 2 aromatic carbocycles. The van der Waals surface area contributed by atoms with E-state index in [9.17, 15) is 10.1 Å². The van der Waals surface area contributed by atoms with Gasteiger partial charge >= 0.3 is 0 Å². The van der Waals surface area contributed by atoms with Crippen molar-refractivity contribution in [3.8, 4) is 17.1 Å². The zero-order valence-electron chi connectivity index (χ0n) is 15.5. The monoisotopic (exact) mass is 407 g/mol. The minimum absolute atomic E-state index is 0.0426. The molecular weight excluding hydrogens is 390 g/mol. The van der Waals surface area contributed by atoms with E-state index in [0.29, 0.717) is 22.6 Å². The Morgan fingerprint density at radius 1 is 1.17 bits per heavy atom. The van der Waals surface area contributed by atoms with E-state index in [0.717, 1.165) is 17.7 Å². The van der Waals surface area contributed by atoms with Crippen LogP contribution in [0.15, 0.2) is 54.7 Å². The number of aryl methyl sites for hydroxylation is 1. The first-order chi connectivity index (χ1) is 14.1. The van der Waals surface area contributed by atoms with E-state index in [2.05, 4.69) is 33.5 Å². The van der Waals surface area contributed by atoms with Gasteiger partial charge in [-0.05, 0) is 28.8 Å². The molecule has 9 nitrogen and oxygen atoms in total. The van der Waals surface area contributed by atoms with Crippen molar-refractivity contribution in [3.05, 3.63) is 80.6 Å². The van der Waals surface area contributed by atoms with Gasteiger partial charge < -0.3 is 0 Å². The number of nitrogens with zero attached hydrogens (tertiary/aromatic N) is 6. The van der Waals surface area contributed by atoms with E-state index in [-0.39, 0.29) is 5.69 Å². The molecule has 4 rings (SSSR count). The molecule has 0 aliphatic carbocycles. The van der Waals surface area contributed by atoms with Gasteiger partial charge in [0.15, 0.2) is 0 Å². The first-order valence-corrected chi connectivity index (χ1v) is 9.38. The van der Waals surface area contributed by atoms with Crippen LogP contribution in [0, 0.1) is 14.8 Å². The molecule has 0 aliphatic rings. The molecule has 2 aromatic heterocycles. The summed E-state index contributed by atoms with van der Waals surface area (Å²) in [6, 6.07) is 14.3. The Bertz CT molecular complexity index is 1220. The highest BCUT2D eigenvalue weighted by atomic mass is 32.1. The standard InChI is InChI=1S/C19H17N7O2S/c1-2-14-5-3-4-6-17(14)25-19(29)16(11-20-25)18-21-23-24(22-18)12-13-7-9-15(10-8-13)26(27)28/h3-11,20H,2,12H2,1H3. The molecular formula is C19H17N7O2S. The highest BCUT2D eigenvalue weighted by Crippen LogP contribution is 2.21. The first-order valence-electron chi connectivity index (χ1n) is 8.97. The number of hydrogen-bond donors (Lipinski definition) is 1. The molecule has 4 aromatic rings. The Balaban J connectivity index is 1.59. The van der Waals surface area contributed by atoms with Crippen LogP contribution in [0.4, 0.5) is 5.69 Å². The third-order valence-electron chi connectivity index (χ3n) is 4.55. The average Bonchev–Trinajstić information content (AvgIpc) is 3.34. The zero-order chi connectivity index (χ0) is 20.4. The SMILES string of the molecule is CCc1ccccc1-n1[nH]cc(-c2nnn(Cc3ccc([N+](=O)[O-])cc3)n2)c1=S. The summed E-state index contributed by atoms with van der Waals surface area (Å²) in [5.41, 5.74) is 3.72. The van der Waals surface area contributed by atoms with Crippen molar-refractivity contribution in [2.45, 2.75) is 19.9 Å². The number of benzene rings is 2. The lowest BCUT2D eigenvalue weighted by Gasteiger charge is -2.08. The van der Waals surface area contributed by atoms with Gasteiger partial charge in [0.25, 0.3) is 5.69 Å². The molecule has 2 heterocycles. The number of aromatic nitrogens is 6. The van der Waals surface area contributed by atoms with Crippen molar-refractivity contribution >= 4 is 17.9 Å². The lowest BCUT2D eigenvalue weighted by molar-refractivity contribution is -0.384. The molecule has 146 valence electrons. The molecule has 0 bridgehead atoms. The van der Waals surface area contributed by atoms with Crippen molar-refractivity contribution in [3.63, 3.8) is 0 Å². The normalized spacial score (nSPS) is 10.9. The van der Waals surface area contributed by atoms with Gasteiger partial charge in [0, 0.05) is 18.3 Å². The summed E-state index contributed by atoms with van der Waals surface area (Å²) in [7, 11) is 0. The van der Waals surface area contributed by atoms with Gasteiger partial charge in [-0.3, -0.25) is 15.2 Å². The number of nitro benzene ring substituents is 1. The van der Waals surface area contributed by atoms with Gasteiger partial charge in [-0.25, -0.2) is 4.68 Å². The molecule has 0 amide bonds. The second-order valence-corrected chi connectivity index (χ2v) is 6.76. The van der Waals surface area contributed by atoms with E-state index in [1.807, 2.05) is 22.9 Å². The topological polar surface area (TPSA) is 107 Å². The number of aromatic amines is 1. The molecule has 0 saturated carbocycles. The molecule has 0 fully saturated rings. The summed E-state index contributed by atoms with van der Waals surface area (Å²) >= 11 is 5.63. The Morgan fingerprint density at radius 2 is 1.93 bits per heavy atom. The Kier molecular flexibility index (Phi) is 5.00. The fourth-order valence-corrected chi connectivity index (χ4v) is 3.34.